The topological polar surface area (TPSA) is 108 Å². The third-order valence-electron chi connectivity index (χ3n) is 6.28. The van der Waals surface area contributed by atoms with E-state index in [2.05, 4.69) is 17.2 Å². The molecule has 8 nitrogen and oxygen atoms in total. The molecule has 216 valence electrons. The number of rotatable bonds is 9. The first kappa shape index (κ1) is 31.2. The second kappa shape index (κ2) is 13.4. The van der Waals surface area contributed by atoms with Crippen molar-refractivity contribution in [2.45, 2.75) is 51.8 Å². The predicted molar refractivity (Wildman–Crippen MR) is 162 cm³/mol. The summed E-state index contributed by atoms with van der Waals surface area (Å²) in [5.41, 5.74) is 2.41. The number of nitrogens with zero attached hydrogens (tertiary/aromatic N) is 1. The summed E-state index contributed by atoms with van der Waals surface area (Å²) in [6.45, 7) is 10.8. The van der Waals surface area contributed by atoms with Crippen LogP contribution < -0.4 is 10.6 Å². The molecule has 0 aliphatic heterocycles. The third-order valence-corrected chi connectivity index (χ3v) is 6.60. The lowest BCUT2D eigenvalue weighted by atomic mass is 9.99. The summed E-state index contributed by atoms with van der Waals surface area (Å²) >= 11 is 6.39. The van der Waals surface area contributed by atoms with E-state index in [1.807, 2.05) is 19.1 Å². The normalized spacial score (nSPS) is 12.5. The van der Waals surface area contributed by atoms with Gasteiger partial charge in [-0.3, -0.25) is 9.59 Å². The molecule has 0 aromatic heterocycles. The quantitative estimate of drug-likeness (QED) is 0.278. The Kier molecular flexibility index (Phi) is 10.2. The van der Waals surface area contributed by atoms with Crippen molar-refractivity contribution in [3.63, 3.8) is 0 Å². The zero-order valence-electron chi connectivity index (χ0n) is 23.9. The van der Waals surface area contributed by atoms with Crippen LogP contribution in [-0.4, -0.2) is 46.6 Å². The molecular formula is C32H36ClN3O5. The fraction of sp³-hybridized carbons (Fsp3) is 0.281. The highest BCUT2D eigenvalue weighted by Crippen LogP contribution is 2.29. The van der Waals surface area contributed by atoms with Gasteiger partial charge in [0, 0.05) is 13.5 Å². The van der Waals surface area contributed by atoms with Crippen molar-refractivity contribution in [3.8, 4) is 5.75 Å². The molecule has 0 radical (unpaired) electrons. The summed E-state index contributed by atoms with van der Waals surface area (Å²) in [6.07, 6.45) is 0.966. The number of aryl methyl sites for hydroxylation is 1. The van der Waals surface area contributed by atoms with Crippen LogP contribution in [0.3, 0.4) is 0 Å². The average molecular weight is 578 g/mol. The molecule has 0 saturated heterocycles. The molecule has 2 unspecified atom stereocenters. The number of phenolic OH excluding ortho intramolecular Hbond substituents is 1. The van der Waals surface area contributed by atoms with Gasteiger partial charge >= 0.3 is 6.09 Å². The van der Waals surface area contributed by atoms with Crippen LogP contribution in [0.15, 0.2) is 73.3 Å². The number of carbonyl (C=O) groups excluding carboxylic acids is 3. The first-order chi connectivity index (χ1) is 19.3. The van der Waals surface area contributed by atoms with Crippen LogP contribution in [0.25, 0.3) is 6.08 Å². The number of carbonyl (C=O) groups is 3. The summed E-state index contributed by atoms with van der Waals surface area (Å²) in [6, 6.07) is 16.6. The van der Waals surface area contributed by atoms with Gasteiger partial charge in [-0.15, -0.1) is 0 Å². The number of ether oxygens (including phenoxy) is 1. The first-order valence-electron chi connectivity index (χ1n) is 13.1. The molecule has 0 bridgehead atoms. The van der Waals surface area contributed by atoms with Crippen molar-refractivity contribution >= 4 is 41.3 Å². The van der Waals surface area contributed by atoms with E-state index < -0.39 is 35.6 Å². The number of hydrogen-bond donors (Lipinski definition) is 3. The number of nitrogens with one attached hydrogen (secondary N) is 2. The maximum absolute atomic E-state index is 14.1. The Labute approximate surface area is 246 Å². The second-order valence-corrected chi connectivity index (χ2v) is 11.1. The molecule has 2 atom stereocenters. The Balaban J connectivity index is 2.01. The van der Waals surface area contributed by atoms with Crippen molar-refractivity contribution < 1.29 is 24.2 Å². The number of likely N-dealkylation sites (N-methyl/N-ethyl adjacent to an activating group) is 1. The van der Waals surface area contributed by atoms with Gasteiger partial charge in [0.15, 0.2) is 0 Å². The highest BCUT2D eigenvalue weighted by Gasteiger charge is 2.34. The average Bonchev–Trinajstić information content (AvgIpc) is 2.90. The Morgan fingerprint density at radius 2 is 1.73 bits per heavy atom. The van der Waals surface area contributed by atoms with E-state index in [0.717, 1.165) is 11.1 Å². The number of amides is 3. The number of hydrogen-bond acceptors (Lipinski definition) is 5. The van der Waals surface area contributed by atoms with E-state index in [0.29, 0.717) is 21.8 Å². The minimum absolute atomic E-state index is 0.0718. The fourth-order valence-electron chi connectivity index (χ4n) is 4.28. The Bertz CT molecular complexity index is 1400. The van der Waals surface area contributed by atoms with Crippen LogP contribution in [-0.2, 0) is 20.7 Å². The van der Waals surface area contributed by atoms with E-state index in [4.69, 9.17) is 16.3 Å². The lowest BCUT2D eigenvalue weighted by Gasteiger charge is -2.32. The standard InChI is InChI=1S/C32H36ClN3O5/c1-7-21-11-9-12-23(18-21)28(29(38)35-27-20(2)10-8-13-25(27)33)36(6)30(39)26(34-31(40)41-32(3,4)5)19-22-14-16-24(37)17-15-22/h7-18,26,28,37H,1,19H2,2-6H3,(H,34,40)(H,35,38). The third kappa shape index (κ3) is 8.59. The van der Waals surface area contributed by atoms with Crippen LogP contribution >= 0.6 is 11.6 Å². The van der Waals surface area contributed by atoms with Gasteiger partial charge in [0.05, 0.1) is 10.7 Å². The summed E-state index contributed by atoms with van der Waals surface area (Å²) in [5.74, 6) is -0.939. The molecule has 3 rings (SSSR count). The van der Waals surface area contributed by atoms with Crippen molar-refractivity contribution in [1.29, 1.82) is 0 Å². The molecule has 0 heterocycles. The molecule has 0 saturated carbocycles. The predicted octanol–water partition coefficient (Wildman–Crippen LogP) is 6.27. The molecule has 3 N–H and O–H groups in total. The number of alkyl carbamates (subject to hydrolysis) is 1. The molecule has 0 aliphatic carbocycles. The van der Waals surface area contributed by atoms with Crippen LogP contribution in [0.2, 0.25) is 5.02 Å². The van der Waals surface area contributed by atoms with Crippen molar-refractivity contribution in [1.82, 2.24) is 10.2 Å². The molecule has 0 aliphatic rings. The minimum Gasteiger partial charge on any atom is -0.508 e. The van der Waals surface area contributed by atoms with Crippen LogP contribution in [0.5, 0.6) is 5.75 Å². The van der Waals surface area contributed by atoms with E-state index >= 15 is 0 Å². The van der Waals surface area contributed by atoms with Gasteiger partial charge in [0.25, 0.3) is 5.91 Å². The maximum atomic E-state index is 14.1. The number of halogens is 1. The molecule has 3 aromatic rings. The number of anilines is 1. The SMILES string of the molecule is C=Cc1cccc(C(C(=O)Nc2c(C)cccc2Cl)N(C)C(=O)C(Cc2ccc(O)cc2)NC(=O)OC(C)(C)C)c1. The number of para-hydroxylation sites is 1. The van der Waals surface area contributed by atoms with Gasteiger partial charge in [-0.25, -0.2) is 4.79 Å². The van der Waals surface area contributed by atoms with Gasteiger partial charge in [-0.2, -0.15) is 0 Å². The monoisotopic (exact) mass is 577 g/mol. The van der Waals surface area contributed by atoms with E-state index in [9.17, 15) is 19.5 Å². The molecule has 41 heavy (non-hydrogen) atoms. The number of aromatic hydroxyl groups is 1. The maximum Gasteiger partial charge on any atom is 0.408 e. The van der Waals surface area contributed by atoms with Gasteiger partial charge in [0.2, 0.25) is 5.91 Å². The second-order valence-electron chi connectivity index (χ2n) is 10.7. The van der Waals surface area contributed by atoms with Gasteiger partial charge in [-0.05, 0) is 74.2 Å². The van der Waals surface area contributed by atoms with Crippen molar-refractivity contribution in [3.05, 3.63) is 101 Å². The number of phenols is 1. The highest BCUT2D eigenvalue weighted by atomic mass is 35.5. The Morgan fingerprint density at radius 1 is 1.07 bits per heavy atom. The Morgan fingerprint density at radius 3 is 2.34 bits per heavy atom. The van der Waals surface area contributed by atoms with Crippen LogP contribution in [0.1, 0.15) is 49.1 Å². The first-order valence-corrected chi connectivity index (χ1v) is 13.5. The van der Waals surface area contributed by atoms with Crippen molar-refractivity contribution in [2.75, 3.05) is 12.4 Å². The zero-order chi connectivity index (χ0) is 30.3. The Hall–Kier alpha value is -4.30. The van der Waals surface area contributed by atoms with Gasteiger partial charge in [0.1, 0.15) is 23.4 Å². The molecule has 0 fully saturated rings. The molecule has 9 heteroatoms. The van der Waals surface area contributed by atoms with Crippen LogP contribution in [0.4, 0.5) is 10.5 Å². The highest BCUT2D eigenvalue weighted by molar-refractivity contribution is 6.34. The number of benzene rings is 3. The van der Waals surface area contributed by atoms with Crippen LogP contribution in [0, 0.1) is 6.92 Å². The minimum atomic E-state index is -1.08. The smallest absolute Gasteiger partial charge is 0.408 e. The van der Waals surface area contributed by atoms with E-state index in [1.54, 1.807) is 69.3 Å². The fourth-order valence-corrected chi connectivity index (χ4v) is 4.55. The lowest BCUT2D eigenvalue weighted by molar-refractivity contribution is -0.139. The molecule has 3 aromatic carbocycles. The van der Waals surface area contributed by atoms with Gasteiger partial charge in [-0.1, -0.05) is 66.7 Å². The largest absolute Gasteiger partial charge is 0.508 e. The van der Waals surface area contributed by atoms with E-state index in [1.165, 1.54) is 24.1 Å². The summed E-state index contributed by atoms with van der Waals surface area (Å²) in [4.78, 5) is 42.0. The zero-order valence-corrected chi connectivity index (χ0v) is 24.7. The summed E-state index contributed by atoms with van der Waals surface area (Å²) in [5, 5.41) is 15.6. The summed E-state index contributed by atoms with van der Waals surface area (Å²) < 4.78 is 5.42. The molecule has 0 spiro atoms. The van der Waals surface area contributed by atoms with Gasteiger partial charge < -0.3 is 25.4 Å². The summed E-state index contributed by atoms with van der Waals surface area (Å²) in [7, 11) is 1.51. The van der Waals surface area contributed by atoms with Crippen molar-refractivity contribution in [2.24, 2.45) is 0 Å². The molecular weight excluding hydrogens is 542 g/mol. The lowest BCUT2D eigenvalue weighted by Crippen LogP contribution is -2.52. The molecule has 3 amide bonds. The van der Waals surface area contributed by atoms with E-state index in [-0.39, 0.29) is 12.2 Å².